The average molecular weight is 536 g/mol. The maximum absolute atomic E-state index is 13.3. The summed E-state index contributed by atoms with van der Waals surface area (Å²) < 4.78 is 5.12. The molecule has 1 saturated heterocycles. The van der Waals surface area contributed by atoms with E-state index < -0.39 is 17.9 Å². The predicted octanol–water partition coefficient (Wildman–Crippen LogP) is 1.58. The number of rotatable bonds is 10. The monoisotopic (exact) mass is 535 g/mol. The first-order valence-electron chi connectivity index (χ1n) is 12.7. The molecule has 3 rings (SSSR count). The molecular formula is C28H38LiN3O5S. The second-order valence-corrected chi connectivity index (χ2v) is 10.3. The molecule has 1 fully saturated rings. The topological polar surface area (TPSA) is 122 Å². The summed E-state index contributed by atoms with van der Waals surface area (Å²) in [7, 11) is 0. The van der Waals surface area contributed by atoms with E-state index in [4.69, 9.17) is 10.5 Å². The van der Waals surface area contributed by atoms with Crippen molar-refractivity contribution in [2.24, 2.45) is 11.7 Å². The molecule has 4 N–H and O–H groups in total. The smallest absolute Gasteiger partial charge is 1.00 e. The Balaban J connectivity index is 0.00000380. The molecule has 202 valence electrons. The van der Waals surface area contributed by atoms with Crippen LogP contribution in [0.4, 0.5) is 4.79 Å². The Morgan fingerprint density at radius 3 is 2.47 bits per heavy atom. The Morgan fingerprint density at radius 1 is 1.18 bits per heavy atom. The van der Waals surface area contributed by atoms with Crippen LogP contribution in [0.15, 0.2) is 42.5 Å². The van der Waals surface area contributed by atoms with Gasteiger partial charge in [-0.05, 0) is 85.4 Å². The Bertz CT molecular complexity index is 1110. The number of aryl methyl sites for hydroxylation is 1. The molecule has 0 radical (unpaired) electrons. The Labute approximate surface area is 242 Å². The molecule has 0 spiro atoms. The van der Waals surface area contributed by atoms with Crippen LogP contribution in [-0.4, -0.2) is 65.7 Å². The van der Waals surface area contributed by atoms with Gasteiger partial charge >= 0.3 is 30.9 Å². The van der Waals surface area contributed by atoms with Crippen LogP contribution in [0.25, 0.3) is 11.1 Å². The van der Waals surface area contributed by atoms with Crippen LogP contribution in [0.1, 0.15) is 55.1 Å². The molecule has 8 nitrogen and oxygen atoms in total. The predicted molar refractivity (Wildman–Crippen MR) is 148 cm³/mol. The summed E-state index contributed by atoms with van der Waals surface area (Å²) in [4.78, 5) is 38.8. The number of nitrogens with two attached hydrogens (primary N) is 1. The number of likely N-dealkylation sites (tertiary alicyclic amines) is 1. The molecule has 2 unspecified atom stereocenters. The molecule has 2 aromatic carbocycles. The third-order valence-corrected chi connectivity index (χ3v) is 7.54. The van der Waals surface area contributed by atoms with Crippen LogP contribution < -0.4 is 29.9 Å². The molecule has 2 aromatic rings. The van der Waals surface area contributed by atoms with E-state index in [1.165, 1.54) is 11.8 Å². The number of ether oxygens (including phenoxy) is 1. The van der Waals surface area contributed by atoms with Crippen molar-refractivity contribution in [2.45, 2.75) is 45.2 Å². The number of carboxylic acids is 1. The number of nitrogens with zero attached hydrogens (tertiary/aromatic N) is 1. The van der Waals surface area contributed by atoms with Gasteiger partial charge in [0.2, 0.25) is 0 Å². The Morgan fingerprint density at radius 2 is 1.87 bits per heavy atom. The van der Waals surface area contributed by atoms with Crippen molar-refractivity contribution in [3.8, 4) is 11.1 Å². The van der Waals surface area contributed by atoms with Gasteiger partial charge in [0.1, 0.15) is 6.04 Å². The number of carbonyl (C=O) groups excluding carboxylic acids is 2. The maximum Gasteiger partial charge on any atom is 1.00 e. The van der Waals surface area contributed by atoms with Crippen molar-refractivity contribution in [1.82, 2.24) is 10.2 Å². The van der Waals surface area contributed by atoms with Crippen molar-refractivity contribution in [2.75, 3.05) is 31.7 Å². The van der Waals surface area contributed by atoms with Crippen molar-refractivity contribution in [3.05, 3.63) is 59.2 Å². The number of thioether (sulfide) groups is 1. The molecule has 2 amide bonds. The van der Waals surface area contributed by atoms with Crippen LogP contribution >= 0.6 is 11.8 Å². The Hall–Kier alpha value is -2.44. The standard InChI is InChI=1S/C28H37N3O5S.Li.H/c1-4-36-28(35)31-14-11-19(12-15-31)25(29)20-9-10-22(23(17-20)21-8-6-5-7-18(21)2)26(32)30-24(27(33)34)13-16-37-3;;/h5-10,17,19,24-25H,4,11-16,29H2,1-3H3,(H,30,32)(H,33,34);;/q;+1;-1. The number of hydrogen-bond acceptors (Lipinski definition) is 6. The number of aliphatic carboxylic acids is 1. The number of benzene rings is 2. The first-order chi connectivity index (χ1) is 17.8. The molecule has 0 aliphatic carbocycles. The van der Waals surface area contributed by atoms with Crippen LogP contribution in [-0.2, 0) is 9.53 Å². The number of piperidine rings is 1. The number of carboxylic acid groups (broad SMARTS) is 1. The van der Waals surface area contributed by atoms with Crippen molar-refractivity contribution >= 4 is 29.7 Å². The van der Waals surface area contributed by atoms with Gasteiger partial charge in [-0.2, -0.15) is 11.8 Å². The minimum absolute atomic E-state index is 0. The molecule has 0 saturated carbocycles. The largest absolute Gasteiger partial charge is 1.00 e. The van der Waals surface area contributed by atoms with Crippen molar-refractivity contribution in [1.29, 1.82) is 0 Å². The van der Waals surface area contributed by atoms with Gasteiger partial charge in [0.25, 0.3) is 5.91 Å². The number of carbonyl (C=O) groups is 3. The SMILES string of the molecule is CCOC(=O)N1CCC(C(N)c2ccc(C(=O)NC(CCSC)C(=O)O)c(-c3ccccc3C)c2)CC1.[H-].[Li+]. The number of hydrogen-bond donors (Lipinski definition) is 3. The summed E-state index contributed by atoms with van der Waals surface area (Å²) in [6.45, 7) is 5.31. The molecule has 38 heavy (non-hydrogen) atoms. The third-order valence-electron chi connectivity index (χ3n) is 6.90. The van der Waals surface area contributed by atoms with E-state index in [9.17, 15) is 19.5 Å². The summed E-state index contributed by atoms with van der Waals surface area (Å²) in [6.07, 6.45) is 3.48. The fraction of sp³-hybridized carbons (Fsp3) is 0.464. The van der Waals surface area contributed by atoms with Crippen molar-refractivity contribution < 1.29 is 44.5 Å². The maximum atomic E-state index is 13.3. The molecule has 2 atom stereocenters. The zero-order chi connectivity index (χ0) is 26.9. The summed E-state index contributed by atoms with van der Waals surface area (Å²) >= 11 is 1.54. The summed E-state index contributed by atoms with van der Waals surface area (Å²) in [6, 6.07) is 12.1. The van der Waals surface area contributed by atoms with Gasteiger partial charge in [-0.1, -0.05) is 30.3 Å². The van der Waals surface area contributed by atoms with E-state index in [0.29, 0.717) is 37.4 Å². The molecule has 10 heteroatoms. The van der Waals surface area contributed by atoms with Crippen LogP contribution in [0.3, 0.4) is 0 Å². The van der Waals surface area contributed by atoms with E-state index in [-0.39, 0.29) is 38.3 Å². The second kappa shape index (κ2) is 15.2. The fourth-order valence-electron chi connectivity index (χ4n) is 4.72. The summed E-state index contributed by atoms with van der Waals surface area (Å²) in [5, 5.41) is 12.3. The molecule has 0 aromatic heterocycles. The fourth-order valence-corrected chi connectivity index (χ4v) is 5.19. The molecule has 1 aliphatic heterocycles. The quantitative estimate of drug-likeness (QED) is 0.395. The van der Waals surface area contributed by atoms with E-state index in [0.717, 1.165) is 35.1 Å². The van der Waals surface area contributed by atoms with E-state index in [1.54, 1.807) is 17.9 Å². The van der Waals surface area contributed by atoms with Crippen LogP contribution in [0.2, 0.25) is 0 Å². The van der Waals surface area contributed by atoms with Gasteiger partial charge in [-0.15, -0.1) is 0 Å². The number of amides is 2. The third kappa shape index (κ3) is 8.03. The minimum atomic E-state index is -1.05. The van der Waals surface area contributed by atoms with Gasteiger partial charge in [-0.25, -0.2) is 9.59 Å². The summed E-state index contributed by atoms with van der Waals surface area (Å²) in [5.41, 5.74) is 10.7. The van der Waals surface area contributed by atoms with Crippen molar-refractivity contribution in [3.63, 3.8) is 0 Å². The minimum Gasteiger partial charge on any atom is -1.00 e. The zero-order valence-electron chi connectivity index (χ0n) is 23.7. The molecule has 1 heterocycles. The van der Waals surface area contributed by atoms with Gasteiger partial charge in [0.05, 0.1) is 6.61 Å². The van der Waals surface area contributed by atoms with E-state index in [1.807, 2.05) is 49.6 Å². The molecule has 0 bridgehead atoms. The normalized spacial score (nSPS) is 15.2. The first-order valence-corrected chi connectivity index (χ1v) is 14.1. The zero-order valence-corrected chi connectivity index (χ0v) is 23.6. The number of nitrogens with one attached hydrogen (secondary N) is 1. The first kappa shape index (κ1) is 31.8. The van der Waals surface area contributed by atoms with Gasteiger partial charge < -0.3 is 27.2 Å². The average Bonchev–Trinajstić information content (AvgIpc) is 2.90. The van der Waals surface area contributed by atoms with Gasteiger partial charge in [0, 0.05) is 24.7 Å². The molecular weight excluding hydrogens is 497 g/mol. The van der Waals surface area contributed by atoms with Crippen LogP contribution in [0.5, 0.6) is 0 Å². The Kier molecular flexibility index (Phi) is 12.7. The van der Waals surface area contributed by atoms with Gasteiger partial charge in [0.15, 0.2) is 0 Å². The van der Waals surface area contributed by atoms with E-state index >= 15 is 0 Å². The van der Waals surface area contributed by atoms with E-state index in [2.05, 4.69) is 5.32 Å². The second-order valence-electron chi connectivity index (χ2n) is 9.31. The molecule has 1 aliphatic rings. The van der Waals surface area contributed by atoms with Crippen LogP contribution in [0, 0.1) is 12.8 Å². The summed E-state index contributed by atoms with van der Waals surface area (Å²) in [5.74, 6) is -0.662. The van der Waals surface area contributed by atoms with Gasteiger partial charge in [-0.3, -0.25) is 4.79 Å².